The number of benzene rings is 2. The molecule has 2 rings (SSSR count). The molecular weight excluding hydrogens is 318 g/mol. The van der Waals surface area contributed by atoms with E-state index in [2.05, 4.69) is 5.32 Å². The van der Waals surface area contributed by atoms with Gasteiger partial charge in [-0.25, -0.2) is 4.79 Å². The molecule has 0 saturated carbocycles. The molecule has 0 aliphatic rings. The van der Waals surface area contributed by atoms with E-state index in [1.165, 1.54) is 0 Å². The van der Waals surface area contributed by atoms with Gasteiger partial charge in [0.15, 0.2) is 0 Å². The maximum Gasteiger partial charge on any atom is 0.335 e. The molecule has 5 nitrogen and oxygen atoms in total. The molecule has 0 heterocycles. The second-order valence-corrected chi connectivity index (χ2v) is 5.99. The number of hydrogen-bond acceptors (Lipinski definition) is 3. The van der Waals surface area contributed by atoms with Gasteiger partial charge >= 0.3 is 5.97 Å². The zero-order chi connectivity index (χ0) is 18.2. The predicted molar refractivity (Wildman–Crippen MR) is 96.0 cm³/mol. The Morgan fingerprint density at radius 1 is 1.16 bits per heavy atom. The summed E-state index contributed by atoms with van der Waals surface area (Å²) in [5, 5.41) is 12.1. The minimum absolute atomic E-state index is 0.0191. The van der Waals surface area contributed by atoms with Crippen molar-refractivity contribution < 1.29 is 19.4 Å². The van der Waals surface area contributed by atoms with Gasteiger partial charge in [-0.05, 0) is 49.1 Å². The number of hydrogen-bond donors (Lipinski definition) is 2. The molecule has 5 heteroatoms. The summed E-state index contributed by atoms with van der Waals surface area (Å²) in [6, 6.07) is 14.5. The van der Waals surface area contributed by atoms with E-state index >= 15 is 0 Å². The number of carboxylic acids is 1. The Kier molecular flexibility index (Phi) is 6.57. The van der Waals surface area contributed by atoms with Crippen LogP contribution in [0.3, 0.4) is 0 Å². The summed E-state index contributed by atoms with van der Waals surface area (Å²) < 4.78 is 5.20. The number of amides is 1. The molecule has 2 aromatic rings. The second-order valence-electron chi connectivity index (χ2n) is 5.99. The average Bonchev–Trinajstić information content (AvgIpc) is 2.60. The van der Waals surface area contributed by atoms with Gasteiger partial charge < -0.3 is 15.2 Å². The van der Waals surface area contributed by atoms with E-state index < -0.39 is 5.97 Å². The largest absolute Gasteiger partial charge is 0.497 e. The summed E-state index contributed by atoms with van der Waals surface area (Å²) in [7, 11) is 1.62. The molecule has 2 N–H and O–H groups in total. The summed E-state index contributed by atoms with van der Waals surface area (Å²) in [5.41, 5.74) is 2.01. The predicted octanol–water partition coefficient (Wildman–Crippen LogP) is 3.07. The van der Waals surface area contributed by atoms with E-state index in [-0.39, 0.29) is 23.9 Å². The fraction of sp³-hybridized carbons (Fsp3) is 0.300. The van der Waals surface area contributed by atoms with Crippen LogP contribution in [0.4, 0.5) is 0 Å². The average molecular weight is 341 g/mol. The number of rotatable bonds is 8. The molecule has 0 bridgehead atoms. The van der Waals surface area contributed by atoms with E-state index in [1.54, 1.807) is 31.4 Å². The zero-order valence-electron chi connectivity index (χ0n) is 14.5. The molecule has 1 amide bonds. The van der Waals surface area contributed by atoms with Crippen LogP contribution in [0.1, 0.15) is 34.8 Å². The summed E-state index contributed by atoms with van der Waals surface area (Å²) >= 11 is 0. The Balaban J connectivity index is 1.86. The molecule has 132 valence electrons. The number of ether oxygens (including phenoxy) is 1. The molecule has 0 spiro atoms. The van der Waals surface area contributed by atoms with Gasteiger partial charge in [0.25, 0.3) is 0 Å². The highest BCUT2D eigenvalue weighted by Gasteiger charge is 2.12. The minimum Gasteiger partial charge on any atom is -0.497 e. The molecule has 0 aromatic heterocycles. The van der Waals surface area contributed by atoms with Gasteiger partial charge in [-0.15, -0.1) is 0 Å². The fourth-order valence-electron chi connectivity index (χ4n) is 2.75. The first kappa shape index (κ1) is 18.5. The van der Waals surface area contributed by atoms with Crippen molar-refractivity contribution in [3.8, 4) is 5.75 Å². The van der Waals surface area contributed by atoms with Crippen LogP contribution >= 0.6 is 0 Å². The van der Waals surface area contributed by atoms with E-state index in [1.807, 2.05) is 31.2 Å². The van der Waals surface area contributed by atoms with E-state index in [0.29, 0.717) is 18.4 Å². The molecule has 2 aromatic carbocycles. The molecule has 0 radical (unpaired) electrons. The Labute approximate surface area is 147 Å². The van der Waals surface area contributed by atoms with Crippen molar-refractivity contribution in [2.24, 2.45) is 0 Å². The number of carbonyl (C=O) groups excluding carboxylic acids is 1. The third kappa shape index (κ3) is 5.64. The standard InChI is InChI=1S/C20H23NO4/c1-14(12-15-6-5-8-17(13-15)25-2)21-19(22)11-10-16-7-3-4-9-18(16)20(23)24/h3-9,13-14H,10-12H2,1-2H3,(H,21,22)(H,23,24). The molecular formula is C20H23NO4. The maximum absolute atomic E-state index is 12.1. The van der Waals surface area contributed by atoms with Crippen LogP contribution in [0.25, 0.3) is 0 Å². The fourth-order valence-corrected chi connectivity index (χ4v) is 2.75. The molecule has 0 aliphatic carbocycles. The number of nitrogens with one attached hydrogen (secondary N) is 1. The van der Waals surface area contributed by atoms with Crippen LogP contribution in [0.15, 0.2) is 48.5 Å². The molecule has 0 aliphatic heterocycles. The lowest BCUT2D eigenvalue weighted by atomic mass is 10.0. The zero-order valence-corrected chi connectivity index (χ0v) is 14.5. The first-order valence-electron chi connectivity index (χ1n) is 8.23. The van der Waals surface area contributed by atoms with Gasteiger partial charge in [0, 0.05) is 12.5 Å². The number of methoxy groups -OCH3 is 1. The Hall–Kier alpha value is -2.82. The first-order chi connectivity index (χ1) is 12.0. The van der Waals surface area contributed by atoms with Crippen molar-refractivity contribution in [3.63, 3.8) is 0 Å². The lowest BCUT2D eigenvalue weighted by Crippen LogP contribution is -2.34. The lowest BCUT2D eigenvalue weighted by Gasteiger charge is -2.15. The van der Waals surface area contributed by atoms with Crippen molar-refractivity contribution >= 4 is 11.9 Å². The molecule has 0 saturated heterocycles. The molecule has 25 heavy (non-hydrogen) atoms. The monoisotopic (exact) mass is 341 g/mol. The van der Waals surface area contributed by atoms with Crippen LogP contribution in [0.2, 0.25) is 0 Å². The van der Waals surface area contributed by atoms with Gasteiger partial charge in [-0.3, -0.25) is 4.79 Å². The summed E-state index contributed by atoms with van der Waals surface area (Å²) in [4.78, 5) is 23.3. The summed E-state index contributed by atoms with van der Waals surface area (Å²) in [6.07, 6.45) is 1.36. The van der Waals surface area contributed by atoms with Crippen molar-refractivity contribution in [1.82, 2.24) is 5.32 Å². The van der Waals surface area contributed by atoms with Crippen LogP contribution in [0, 0.1) is 0 Å². The Bertz CT molecular complexity index is 742. The third-order valence-corrected chi connectivity index (χ3v) is 3.95. The van der Waals surface area contributed by atoms with Gasteiger partial charge in [0.1, 0.15) is 5.75 Å². The normalized spacial score (nSPS) is 11.6. The smallest absolute Gasteiger partial charge is 0.335 e. The number of carbonyl (C=O) groups is 2. The van der Waals surface area contributed by atoms with E-state index in [9.17, 15) is 14.7 Å². The van der Waals surface area contributed by atoms with Crippen LogP contribution in [-0.2, 0) is 17.6 Å². The number of carboxylic acid groups (broad SMARTS) is 1. The van der Waals surface area contributed by atoms with Crippen molar-refractivity contribution in [1.29, 1.82) is 0 Å². The SMILES string of the molecule is COc1cccc(CC(C)NC(=O)CCc2ccccc2C(=O)O)c1. The lowest BCUT2D eigenvalue weighted by molar-refractivity contribution is -0.121. The van der Waals surface area contributed by atoms with Gasteiger partial charge in [-0.1, -0.05) is 30.3 Å². The number of aromatic carboxylic acids is 1. The second kappa shape index (κ2) is 8.87. The van der Waals surface area contributed by atoms with Gasteiger partial charge in [-0.2, -0.15) is 0 Å². The van der Waals surface area contributed by atoms with Crippen molar-refractivity contribution in [2.75, 3.05) is 7.11 Å². The highest BCUT2D eigenvalue weighted by atomic mass is 16.5. The molecule has 0 fully saturated rings. The van der Waals surface area contributed by atoms with E-state index in [4.69, 9.17) is 4.74 Å². The van der Waals surface area contributed by atoms with E-state index in [0.717, 1.165) is 11.3 Å². The number of aryl methyl sites for hydroxylation is 1. The topological polar surface area (TPSA) is 75.6 Å². The minimum atomic E-state index is -0.970. The highest BCUT2D eigenvalue weighted by Crippen LogP contribution is 2.14. The van der Waals surface area contributed by atoms with Gasteiger partial charge in [0.2, 0.25) is 5.91 Å². The Morgan fingerprint density at radius 2 is 1.92 bits per heavy atom. The Morgan fingerprint density at radius 3 is 2.64 bits per heavy atom. The van der Waals surface area contributed by atoms with Gasteiger partial charge in [0.05, 0.1) is 12.7 Å². The quantitative estimate of drug-likeness (QED) is 0.774. The van der Waals surface area contributed by atoms with Crippen molar-refractivity contribution in [2.45, 2.75) is 32.2 Å². The van der Waals surface area contributed by atoms with Crippen LogP contribution in [0.5, 0.6) is 5.75 Å². The van der Waals surface area contributed by atoms with Crippen LogP contribution in [-0.4, -0.2) is 30.1 Å². The third-order valence-electron chi connectivity index (χ3n) is 3.95. The summed E-state index contributed by atoms with van der Waals surface area (Å²) in [5.74, 6) is -0.265. The molecule has 1 atom stereocenters. The molecule has 1 unspecified atom stereocenters. The van der Waals surface area contributed by atoms with Crippen LogP contribution < -0.4 is 10.1 Å². The van der Waals surface area contributed by atoms with Crippen molar-refractivity contribution in [3.05, 3.63) is 65.2 Å². The summed E-state index contributed by atoms with van der Waals surface area (Å²) in [6.45, 7) is 1.95. The first-order valence-corrected chi connectivity index (χ1v) is 8.23. The highest BCUT2D eigenvalue weighted by molar-refractivity contribution is 5.89. The maximum atomic E-state index is 12.1.